The Morgan fingerprint density at radius 1 is 1.19 bits per heavy atom. The second-order valence-corrected chi connectivity index (χ2v) is 6.86. The molecule has 26 heavy (non-hydrogen) atoms. The van der Waals surface area contributed by atoms with Crippen LogP contribution in [0.15, 0.2) is 42.6 Å². The van der Waals surface area contributed by atoms with E-state index >= 15 is 0 Å². The molecule has 4 heterocycles. The number of hydrogen-bond donors (Lipinski definition) is 1. The lowest BCUT2D eigenvalue weighted by Gasteiger charge is -2.18. The molecule has 7 nitrogen and oxygen atoms in total. The van der Waals surface area contributed by atoms with Gasteiger partial charge in [-0.05, 0) is 31.0 Å². The lowest BCUT2D eigenvalue weighted by atomic mass is 10.1. The average Bonchev–Trinajstić information content (AvgIpc) is 3.36. The minimum absolute atomic E-state index is 0.102. The van der Waals surface area contributed by atoms with Crippen molar-refractivity contribution < 1.29 is 9.90 Å². The predicted molar refractivity (Wildman–Crippen MR) is 93.6 cm³/mol. The van der Waals surface area contributed by atoms with Crippen LogP contribution in [0.25, 0.3) is 5.69 Å². The van der Waals surface area contributed by atoms with Gasteiger partial charge in [-0.15, -0.1) is 0 Å². The van der Waals surface area contributed by atoms with Crippen LogP contribution in [0.1, 0.15) is 46.4 Å². The van der Waals surface area contributed by atoms with Gasteiger partial charge in [0.25, 0.3) is 5.91 Å². The third-order valence-electron chi connectivity index (χ3n) is 5.16. The topological polar surface area (TPSA) is 76.2 Å². The van der Waals surface area contributed by atoms with Gasteiger partial charge in [0, 0.05) is 18.7 Å². The third-order valence-corrected chi connectivity index (χ3v) is 5.16. The molecule has 0 spiro atoms. The molecule has 5 rings (SSSR count). The first kappa shape index (κ1) is 15.3. The van der Waals surface area contributed by atoms with Gasteiger partial charge in [0.2, 0.25) is 0 Å². The molecule has 1 amide bonds. The van der Waals surface area contributed by atoms with Crippen LogP contribution >= 0.6 is 0 Å². The Labute approximate surface area is 150 Å². The summed E-state index contributed by atoms with van der Waals surface area (Å²) in [6.07, 6.45) is 2.91. The summed E-state index contributed by atoms with van der Waals surface area (Å²) >= 11 is 0. The van der Waals surface area contributed by atoms with Crippen LogP contribution in [0, 0.1) is 0 Å². The summed E-state index contributed by atoms with van der Waals surface area (Å²) in [4.78, 5) is 14.7. The molecular weight excluding hydrogens is 330 g/mol. The van der Waals surface area contributed by atoms with E-state index in [4.69, 9.17) is 0 Å². The van der Waals surface area contributed by atoms with E-state index in [1.54, 1.807) is 15.6 Å². The first-order valence-corrected chi connectivity index (χ1v) is 8.87. The van der Waals surface area contributed by atoms with Gasteiger partial charge in [-0.2, -0.15) is 10.2 Å². The number of aliphatic hydroxyl groups is 1. The Morgan fingerprint density at radius 3 is 2.85 bits per heavy atom. The zero-order valence-corrected chi connectivity index (χ0v) is 14.2. The van der Waals surface area contributed by atoms with E-state index in [0.717, 1.165) is 42.0 Å². The number of aryl methyl sites for hydroxylation is 1. The molecule has 0 aliphatic carbocycles. The Hall–Kier alpha value is -2.93. The summed E-state index contributed by atoms with van der Waals surface area (Å²) in [5.41, 5.74) is 4.24. The van der Waals surface area contributed by atoms with E-state index in [1.165, 1.54) is 0 Å². The van der Waals surface area contributed by atoms with Crippen LogP contribution < -0.4 is 0 Å². The number of benzene rings is 1. The Kier molecular flexibility index (Phi) is 3.43. The van der Waals surface area contributed by atoms with Gasteiger partial charge >= 0.3 is 0 Å². The second-order valence-electron chi connectivity index (χ2n) is 6.86. The number of fused-ring (bicyclic) bond motifs is 2. The van der Waals surface area contributed by atoms with E-state index < -0.39 is 6.10 Å². The van der Waals surface area contributed by atoms with Crippen LogP contribution in [0.4, 0.5) is 0 Å². The van der Waals surface area contributed by atoms with Crippen molar-refractivity contribution in [2.45, 2.75) is 38.6 Å². The summed E-state index contributed by atoms with van der Waals surface area (Å²) < 4.78 is 3.65. The molecule has 132 valence electrons. The predicted octanol–water partition coefficient (Wildman–Crippen LogP) is 2.05. The lowest BCUT2D eigenvalue weighted by Crippen LogP contribution is -2.26. The van der Waals surface area contributed by atoms with Crippen molar-refractivity contribution in [2.75, 3.05) is 0 Å². The minimum atomic E-state index is -0.528. The first-order chi connectivity index (χ1) is 12.7. The van der Waals surface area contributed by atoms with Gasteiger partial charge in [0.05, 0.1) is 35.9 Å². The Bertz CT molecular complexity index is 975. The molecule has 3 aromatic rings. The van der Waals surface area contributed by atoms with Crippen LogP contribution in [0.3, 0.4) is 0 Å². The van der Waals surface area contributed by atoms with E-state index in [1.807, 2.05) is 41.2 Å². The van der Waals surface area contributed by atoms with Crippen molar-refractivity contribution in [1.29, 1.82) is 0 Å². The van der Waals surface area contributed by atoms with Crippen molar-refractivity contribution >= 4 is 5.91 Å². The fourth-order valence-corrected chi connectivity index (χ4v) is 3.81. The maximum Gasteiger partial charge on any atom is 0.275 e. The number of carbonyl (C=O) groups excluding carboxylic acids is 1. The molecule has 2 aliphatic rings. The Balaban J connectivity index is 1.41. The number of aliphatic hydroxyl groups excluding tert-OH is 1. The highest BCUT2D eigenvalue weighted by Crippen LogP contribution is 2.28. The van der Waals surface area contributed by atoms with Gasteiger partial charge < -0.3 is 10.0 Å². The molecule has 1 unspecified atom stereocenters. The quantitative estimate of drug-likeness (QED) is 0.768. The first-order valence-electron chi connectivity index (χ1n) is 8.87. The molecule has 0 bridgehead atoms. The highest BCUT2D eigenvalue weighted by molar-refractivity contribution is 5.92. The lowest BCUT2D eigenvalue weighted by molar-refractivity contribution is 0.0741. The zero-order valence-electron chi connectivity index (χ0n) is 14.2. The van der Waals surface area contributed by atoms with Crippen molar-refractivity contribution in [3.05, 3.63) is 65.2 Å². The van der Waals surface area contributed by atoms with E-state index in [9.17, 15) is 9.90 Å². The van der Waals surface area contributed by atoms with Gasteiger partial charge in [0.1, 0.15) is 0 Å². The highest BCUT2D eigenvalue weighted by atomic mass is 16.3. The van der Waals surface area contributed by atoms with Crippen LogP contribution in [0.2, 0.25) is 0 Å². The van der Waals surface area contributed by atoms with Crippen LogP contribution in [-0.4, -0.2) is 35.5 Å². The molecule has 0 saturated carbocycles. The van der Waals surface area contributed by atoms with Crippen molar-refractivity contribution in [2.24, 2.45) is 0 Å². The molecule has 0 fully saturated rings. The summed E-state index contributed by atoms with van der Waals surface area (Å²) in [7, 11) is 0. The molecular formula is C19H19N5O2. The van der Waals surface area contributed by atoms with Gasteiger partial charge in [0.15, 0.2) is 5.69 Å². The number of para-hydroxylation sites is 1. The molecule has 1 aromatic carbocycles. The SMILES string of the molecule is O=C(c1cc2n(n1)CCCC2O)N1Cc2cnn(-c3ccccc3)c2C1. The van der Waals surface area contributed by atoms with Gasteiger partial charge in [-0.1, -0.05) is 18.2 Å². The molecule has 0 radical (unpaired) electrons. The third kappa shape index (κ3) is 2.35. The van der Waals surface area contributed by atoms with Crippen LogP contribution in [-0.2, 0) is 19.6 Å². The number of hydrogen-bond acceptors (Lipinski definition) is 4. The second kappa shape index (κ2) is 5.81. The number of rotatable bonds is 2. The van der Waals surface area contributed by atoms with E-state index in [0.29, 0.717) is 18.8 Å². The maximum absolute atomic E-state index is 12.9. The van der Waals surface area contributed by atoms with Crippen molar-refractivity contribution in [3.8, 4) is 5.69 Å². The summed E-state index contributed by atoms with van der Waals surface area (Å²) in [6, 6.07) is 11.7. The van der Waals surface area contributed by atoms with E-state index in [2.05, 4.69) is 10.2 Å². The number of amides is 1. The molecule has 0 saturated heterocycles. The number of carbonyl (C=O) groups is 1. The largest absolute Gasteiger partial charge is 0.387 e. The minimum Gasteiger partial charge on any atom is -0.387 e. The monoisotopic (exact) mass is 349 g/mol. The van der Waals surface area contributed by atoms with Gasteiger partial charge in [-0.3, -0.25) is 9.48 Å². The normalized spacial score (nSPS) is 18.7. The average molecular weight is 349 g/mol. The molecule has 1 atom stereocenters. The number of aromatic nitrogens is 4. The smallest absolute Gasteiger partial charge is 0.275 e. The molecule has 2 aromatic heterocycles. The standard InChI is InChI=1S/C19H19N5O2/c25-18-7-4-8-23-16(18)9-15(21-23)19(26)22-11-13-10-20-24(17(13)12-22)14-5-2-1-3-6-14/h1-3,5-6,9-10,18,25H,4,7-8,11-12H2. The summed E-state index contributed by atoms with van der Waals surface area (Å²) in [5, 5.41) is 19.0. The highest BCUT2D eigenvalue weighted by Gasteiger charge is 2.31. The molecule has 2 aliphatic heterocycles. The van der Waals surface area contributed by atoms with Crippen LogP contribution in [0.5, 0.6) is 0 Å². The number of nitrogens with zero attached hydrogens (tertiary/aromatic N) is 5. The maximum atomic E-state index is 12.9. The summed E-state index contributed by atoms with van der Waals surface area (Å²) in [5.74, 6) is -0.102. The van der Waals surface area contributed by atoms with Crippen molar-refractivity contribution in [3.63, 3.8) is 0 Å². The van der Waals surface area contributed by atoms with Crippen molar-refractivity contribution in [1.82, 2.24) is 24.5 Å². The molecule has 7 heteroatoms. The van der Waals surface area contributed by atoms with E-state index in [-0.39, 0.29) is 5.91 Å². The molecule has 1 N–H and O–H groups in total. The Morgan fingerprint density at radius 2 is 2.04 bits per heavy atom. The fraction of sp³-hybridized carbons (Fsp3) is 0.316. The summed E-state index contributed by atoms with van der Waals surface area (Å²) in [6.45, 7) is 1.79. The zero-order chi connectivity index (χ0) is 17.7. The van der Waals surface area contributed by atoms with Gasteiger partial charge in [-0.25, -0.2) is 4.68 Å². The fourth-order valence-electron chi connectivity index (χ4n) is 3.81.